The predicted octanol–water partition coefficient (Wildman–Crippen LogP) is 3.10. The molecule has 0 saturated carbocycles. The van der Waals surface area contributed by atoms with E-state index in [4.69, 9.17) is 23.4 Å². The Hall–Kier alpha value is -4.51. The van der Waals surface area contributed by atoms with Gasteiger partial charge in [-0.1, -0.05) is 24.3 Å². The van der Waals surface area contributed by atoms with Crippen molar-refractivity contribution in [2.75, 3.05) is 41.0 Å². The van der Waals surface area contributed by atoms with E-state index in [0.717, 1.165) is 12.8 Å². The van der Waals surface area contributed by atoms with E-state index >= 15 is 0 Å². The minimum atomic E-state index is -1.09. The maximum atomic E-state index is 13.9. The molecule has 0 radical (unpaired) electrons. The lowest BCUT2D eigenvalue weighted by Crippen LogP contribution is -2.48. The van der Waals surface area contributed by atoms with Crippen LogP contribution in [-0.4, -0.2) is 69.8 Å². The third-order valence-corrected chi connectivity index (χ3v) is 6.81. The fraction of sp³-hybridized carbons (Fsp3) is 0.367. The van der Waals surface area contributed by atoms with Crippen molar-refractivity contribution in [1.82, 2.24) is 15.5 Å². The zero-order valence-corrected chi connectivity index (χ0v) is 23.4. The molecule has 2 heterocycles. The Balaban J connectivity index is 1.70. The summed E-state index contributed by atoms with van der Waals surface area (Å²) < 4.78 is 27.2. The van der Waals surface area contributed by atoms with Crippen LogP contribution in [0.15, 0.2) is 65.3 Å². The number of carbonyl (C=O) groups is 3. The van der Waals surface area contributed by atoms with Crippen LogP contribution < -0.4 is 24.8 Å². The Labute approximate surface area is 238 Å². The van der Waals surface area contributed by atoms with Crippen molar-refractivity contribution >= 4 is 17.7 Å². The topological polar surface area (TPSA) is 129 Å². The molecule has 0 aliphatic carbocycles. The van der Waals surface area contributed by atoms with Gasteiger partial charge in [-0.25, -0.2) is 0 Å². The highest BCUT2D eigenvalue weighted by Crippen LogP contribution is 2.34. The SMILES string of the molecule is COc1ccccc1CN(C(=O)CNC(=O)c1ccco1)[C@H](C(=O)NC[C@@H]1CCCO1)c1ccc(OC)c(OC)c1. The van der Waals surface area contributed by atoms with E-state index in [0.29, 0.717) is 41.5 Å². The molecule has 4 rings (SSSR count). The van der Waals surface area contributed by atoms with Crippen LogP contribution in [0.3, 0.4) is 0 Å². The van der Waals surface area contributed by atoms with Crippen LogP contribution in [0.4, 0.5) is 0 Å². The number of hydrogen-bond donors (Lipinski definition) is 2. The molecular weight excluding hydrogens is 530 g/mol. The molecule has 2 N–H and O–H groups in total. The zero-order valence-electron chi connectivity index (χ0n) is 23.4. The van der Waals surface area contributed by atoms with Gasteiger partial charge in [-0.2, -0.15) is 0 Å². The van der Waals surface area contributed by atoms with Crippen LogP contribution in [0, 0.1) is 0 Å². The smallest absolute Gasteiger partial charge is 0.287 e. The Bertz CT molecular complexity index is 1320. The van der Waals surface area contributed by atoms with Crippen LogP contribution in [0.5, 0.6) is 17.2 Å². The summed E-state index contributed by atoms with van der Waals surface area (Å²) in [6, 6.07) is 14.3. The molecule has 0 spiro atoms. The summed E-state index contributed by atoms with van der Waals surface area (Å²) in [5, 5.41) is 5.55. The summed E-state index contributed by atoms with van der Waals surface area (Å²) in [5.41, 5.74) is 1.17. The minimum absolute atomic E-state index is 0.0197. The van der Waals surface area contributed by atoms with E-state index in [2.05, 4.69) is 10.6 Å². The number of amides is 3. The van der Waals surface area contributed by atoms with Crippen LogP contribution in [-0.2, 0) is 20.9 Å². The van der Waals surface area contributed by atoms with E-state index in [1.807, 2.05) is 18.2 Å². The van der Waals surface area contributed by atoms with Crippen molar-refractivity contribution in [2.45, 2.75) is 31.5 Å². The number of nitrogens with zero attached hydrogens (tertiary/aromatic N) is 1. The first kappa shape index (κ1) is 29.5. The number of methoxy groups -OCH3 is 3. The molecule has 0 unspecified atom stereocenters. The van der Waals surface area contributed by atoms with Crippen LogP contribution in [0.25, 0.3) is 0 Å². The first-order valence-corrected chi connectivity index (χ1v) is 13.3. The van der Waals surface area contributed by atoms with Gasteiger partial charge in [0.15, 0.2) is 17.3 Å². The molecule has 11 nitrogen and oxygen atoms in total. The number of rotatable bonds is 13. The number of para-hydroxylation sites is 1. The highest BCUT2D eigenvalue weighted by atomic mass is 16.5. The van der Waals surface area contributed by atoms with Gasteiger partial charge in [-0.15, -0.1) is 0 Å². The Morgan fingerprint density at radius 1 is 0.951 bits per heavy atom. The van der Waals surface area contributed by atoms with Gasteiger partial charge in [0, 0.05) is 18.7 Å². The van der Waals surface area contributed by atoms with Gasteiger partial charge in [0.1, 0.15) is 11.8 Å². The van der Waals surface area contributed by atoms with Gasteiger partial charge in [0.25, 0.3) is 5.91 Å². The summed E-state index contributed by atoms with van der Waals surface area (Å²) in [6.07, 6.45) is 3.03. The van der Waals surface area contributed by atoms with E-state index < -0.39 is 23.8 Å². The molecule has 3 amide bonds. The van der Waals surface area contributed by atoms with E-state index in [-0.39, 0.29) is 25.0 Å². The fourth-order valence-corrected chi connectivity index (χ4v) is 4.71. The summed E-state index contributed by atoms with van der Waals surface area (Å²) in [5.74, 6) is 0.0404. The summed E-state index contributed by atoms with van der Waals surface area (Å²) in [4.78, 5) is 41.7. The molecule has 41 heavy (non-hydrogen) atoms. The van der Waals surface area contributed by atoms with Gasteiger partial charge in [0.05, 0.1) is 46.8 Å². The van der Waals surface area contributed by atoms with Crippen LogP contribution >= 0.6 is 0 Å². The lowest BCUT2D eigenvalue weighted by Gasteiger charge is -2.32. The maximum Gasteiger partial charge on any atom is 0.287 e. The average Bonchev–Trinajstić information content (AvgIpc) is 3.73. The second-order valence-electron chi connectivity index (χ2n) is 9.39. The first-order chi connectivity index (χ1) is 19.9. The largest absolute Gasteiger partial charge is 0.496 e. The van der Waals surface area contributed by atoms with Gasteiger partial charge in [-0.05, 0) is 48.7 Å². The van der Waals surface area contributed by atoms with E-state index in [9.17, 15) is 14.4 Å². The summed E-state index contributed by atoms with van der Waals surface area (Å²) in [7, 11) is 4.55. The number of nitrogens with one attached hydrogen (secondary N) is 2. The standard InChI is InChI=1S/C30H35N3O8/c1-37-23-10-5-4-8-21(23)19-33(27(34)18-32-29(35)25-11-7-15-41-25)28(30(36)31-17-22-9-6-14-40-22)20-12-13-24(38-2)26(16-20)39-3/h4-5,7-8,10-13,15-16,22,28H,6,9,14,17-19H2,1-3H3,(H,31,36)(H,32,35)/t22-,28-/m0/s1. The molecule has 3 aromatic rings. The number of furan rings is 1. The van der Waals surface area contributed by atoms with Crippen molar-refractivity contribution in [3.05, 3.63) is 77.7 Å². The Morgan fingerprint density at radius 2 is 1.73 bits per heavy atom. The molecule has 2 atom stereocenters. The van der Waals surface area contributed by atoms with Crippen LogP contribution in [0.1, 0.15) is 40.6 Å². The van der Waals surface area contributed by atoms with Crippen LogP contribution in [0.2, 0.25) is 0 Å². The van der Waals surface area contributed by atoms with Crippen molar-refractivity contribution in [1.29, 1.82) is 0 Å². The Kier molecular flexibility index (Phi) is 10.2. The second kappa shape index (κ2) is 14.2. The average molecular weight is 566 g/mol. The lowest BCUT2D eigenvalue weighted by molar-refractivity contribution is -0.141. The molecule has 2 aromatic carbocycles. The van der Waals surface area contributed by atoms with E-state index in [1.54, 1.807) is 30.3 Å². The van der Waals surface area contributed by atoms with Crippen molar-refractivity contribution < 1.29 is 37.7 Å². The number of carbonyl (C=O) groups excluding carboxylic acids is 3. The molecule has 11 heteroatoms. The van der Waals surface area contributed by atoms with Gasteiger partial charge >= 0.3 is 0 Å². The maximum absolute atomic E-state index is 13.9. The highest BCUT2D eigenvalue weighted by molar-refractivity contribution is 5.95. The molecule has 1 aliphatic rings. The third kappa shape index (κ3) is 7.37. The lowest BCUT2D eigenvalue weighted by atomic mass is 10.0. The first-order valence-electron chi connectivity index (χ1n) is 13.3. The quantitative estimate of drug-likeness (QED) is 0.324. The van der Waals surface area contributed by atoms with Gasteiger partial charge < -0.3 is 38.9 Å². The fourth-order valence-electron chi connectivity index (χ4n) is 4.71. The van der Waals surface area contributed by atoms with E-state index in [1.165, 1.54) is 38.6 Å². The van der Waals surface area contributed by atoms with Gasteiger partial charge in [0.2, 0.25) is 11.8 Å². The second-order valence-corrected chi connectivity index (χ2v) is 9.39. The number of ether oxygens (including phenoxy) is 4. The molecule has 0 bridgehead atoms. The van der Waals surface area contributed by atoms with Gasteiger partial charge in [-0.3, -0.25) is 14.4 Å². The number of hydrogen-bond acceptors (Lipinski definition) is 8. The van der Waals surface area contributed by atoms with Crippen molar-refractivity contribution in [2.24, 2.45) is 0 Å². The third-order valence-electron chi connectivity index (χ3n) is 6.81. The predicted molar refractivity (Wildman–Crippen MR) is 149 cm³/mol. The Morgan fingerprint density at radius 3 is 2.41 bits per heavy atom. The highest BCUT2D eigenvalue weighted by Gasteiger charge is 2.34. The number of benzene rings is 2. The molecule has 1 aromatic heterocycles. The zero-order chi connectivity index (χ0) is 29.2. The molecule has 1 fully saturated rings. The normalized spacial score (nSPS) is 15.0. The molecule has 1 saturated heterocycles. The van der Waals surface area contributed by atoms with Crippen molar-refractivity contribution in [3.63, 3.8) is 0 Å². The summed E-state index contributed by atoms with van der Waals surface area (Å²) >= 11 is 0. The minimum Gasteiger partial charge on any atom is -0.496 e. The molecule has 218 valence electrons. The summed E-state index contributed by atoms with van der Waals surface area (Å²) in [6.45, 7) is 0.589. The van der Waals surface area contributed by atoms with Crippen molar-refractivity contribution in [3.8, 4) is 17.2 Å². The monoisotopic (exact) mass is 565 g/mol. The molecular formula is C30H35N3O8. The molecule has 1 aliphatic heterocycles.